The van der Waals surface area contributed by atoms with Gasteiger partial charge in [0.25, 0.3) is 0 Å². The van der Waals surface area contributed by atoms with Crippen LogP contribution in [0.3, 0.4) is 0 Å². The third-order valence-corrected chi connectivity index (χ3v) is 2.81. The fourth-order valence-electron chi connectivity index (χ4n) is 1.95. The summed E-state index contributed by atoms with van der Waals surface area (Å²) in [5, 5.41) is 8.79. The number of nitrogens with two attached hydrogens (primary N) is 1. The van der Waals surface area contributed by atoms with E-state index in [-0.39, 0.29) is 12.6 Å². The van der Waals surface area contributed by atoms with Crippen molar-refractivity contribution in [2.75, 3.05) is 6.61 Å². The summed E-state index contributed by atoms with van der Waals surface area (Å²) >= 11 is 0. The molecule has 1 unspecified atom stereocenters. The summed E-state index contributed by atoms with van der Waals surface area (Å²) in [6.07, 6.45) is 5.90. The van der Waals surface area contributed by atoms with E-state index in [4.69, 9.17) is 10.8 Å². The molecule has 1 aromatic rings. The first-order chi connectivity index (χ1) is 6.81. The Bertz CT molecular complexity index is 325. The lowest BCUT2D eigenvalue weighted by atomic mass is 10.0. The largest absolute Gasteiger partial charge is 0.396 e. The summed E-state index contributed by atoms with van der Waals surface area (Å²) in [7, 11) is 0. The van der Waals surface area contributed by atoms with E-state index in [9.17, 15) is 0 Å². The van der Waals surface area contributed by atoms with Crippen LogP contribution < -0.4 is 5.73 Å². The van der Waals surface area contributed by atoms with Gasteiger partial charge in [-0.3, -0.25) is 4.98 Å². The van der Waals surface area contributed by atoms with E-state index >= 15 is 0 Å². The van der Waals surface area contributed by atoms with E-state index in [1.807, 2.05) is 6.20 Å². The zero-order valence-corrected chi connectivity index (χ0v) is 8.24. The number of nitrogens with zero attached hydrogens (tertiary/aromatic N) is 1. The van der Waals surface area contributed by atoms with Gasteiger partial charge in [0.1, 0.15) is 0 Å². The van der Waals surface area contributed by atoms with Crippen molar-refractivity contribution in [3.63, 3.8) is 0 Å². The molecule has 0 aromatic carbocycles. The maximum atomic E-state index is 8.79. The molecule has 1 aromatic heterocycles. The highest BCUT2D eigenvalue weighted by atomic mass is 16.3. The van der Waals surface area contributed by atoms with Gasteiger partial charge >= 0.3 is 0 Å². The van der Waals surface area contributed by atoms with E-state index in [2.05, 4.69) is 11.1 Å². The van der Waals surface area contributed by atoms with Gasteiger partial charge in [0.05, 0.1) is 0 Å². The van der Waals surface area contributed by atoms with Gasteiger partial charge in [0.2, 0.25) is 0 Å². The molecule has 0 aliphatic heterocycles. The number of fused-ring (bicyclic) bond motifs is 1. The average Bonchev–Trinajstić information content (AvgIpc) is 2.64. The Hall–Kier alpha value is -0.930. The van der Waals surface area contributed by atoms with Crippen LogP contribution in [-0.4, -0.2) is 16.7 Å². The first-order valence-electron chi connectivity index (χ1n) is 5.15. The van der Waals surface area contributed by atoms with Gasteiger partial charge < -0.3 is 10.8 Å². The van der Waals surface area contributed by atoms with Crippen LogP contribution in [0.2, 0.25) is 0 Å². The fraction of sp³-hybridized carbons (Fsp3) is 0.545. The van der Waals surface area contributed by atoms with Crippen LogP contribution in [0.25, 0.3) is 0 Å². The fourth-order valence-corrected chi connectivity index (χ4v) is 1.95. The summed E-state index contributed by atoms with van der Waals surface area (Å²) < 4.78 is 0. The second-order valence-corrected chi connectivity index (χ2v) is 3.85. The first kappa shape index (κ1) is 9.62. The van der Waals surface area contributed by atoms with Crippen molar-refractivity contribution in [1.29, 1.82) is 0 Å². The third-order valence-electron chi connectivity index (χ3n) is 2.81. The molecule has 3 nitrogen and oxygen atoms in total. The Morgan fingerprint density at radius 1 is 1.50 bits per heavy atom. The molecule has 0 fully saturated rings. The topological polar surface area (TPSA) is 59.1 Å². The van der Waals surface area contributed by atoms with Crippen molar-refractivity contribution < 1.29 is 5.11 Å². The van der Waals surface area contributed by atoms with E-state index in [0.717, 1.165) is 18.4 Å². The summed E-state index contributed by atoms with van der Waals surface area (Å²) in [4.78, 5) is 4.40. The minimum atomic E-state index is -0.0709. The number of aliphatic hydroxyl groups excluding tert-OH is 1. The molecule has 0 radical (unpaired) electrons. The van der Waals surface area contributed by atoms with Crippen molar-refractivity contribution in [2.24, 2.45) is 5.73 Å². The molecule has 0 amide bonds. The normalized spacial score (nSPS) is 16.7. The molecule has 0 spiro atoms. The molecular weight excluding hydrogens is 176 g/mol. The van der Waals surface area contributed by atoms with Crippen molar-refractivity contribution in [3.05, 3.63) is 29.1 Å². The van der Waals surface area contributed by atoms with Crippen molar-refractivity contribution in [2.45, 2.75) is 31.7 Å². The number of hydrogen-bond acceptors (Lipinski definition) is 3. The minimum absolute atomic E-state index is 0.0709. The van der Waals surface area contributed by atoms with E-state index in [0.29, 0.717) is 6.42 Å². The van der Waals surface area contributed by atoms with Gasteiger partial charge in [-0.2, -0.15) is 0 Å². The Balaban J connectivity index is 2.19. The molecule has 0 saturated carbocycles. The number of aryl methyl sites for hydroxylation is 2. The summed E-state index contributed by atoms with van der Waals surface area (Å²) in [5.74, 6) is 0. The van der Waals surface area contributed by atoms with E-state index in [1.165, 1.54) is 17.7 Å². The second-order valence-electron chi connectivity index (χ2n) is 3.85. The predicted octanol–water partition coefficient (Wildman–Crippen LogP) is 0.953. The molecule has 14 heavy (non-hydrogen) atoms. The minimum Gasteiger partial charge on any atom is -0.396 e. The van der Waals surface area contributed by atoms with E-state index in [1.54, 1.807) is 0 Å². The van der Waals surface area contributed by atoms with Crippen LogP contribution >= 0.6 is 0 Å². The second kappa shape index (κ2) is 4.07. The monoisotopic (exact) mass is 192 g/mol. The molecule has 1 heterocycles. The molecule has 3 heteroatoms. The highest BCUT2D eigenvalue weighted by Crippen LogP contribution is 2.23. The standard InChI is InChI=1S/C11H16N2O/c12-10(4-5-14)9-6-8-2-1-3-11(8)13-7-9/h6-7,10,14H,1-5,12H2. The zero-order valence-electron chi connectivity index (χ0n) is 8.24. The van der Waals surface area contributed by atoms with Crippen molar-refractivity contribution in [1.82, 2.24) is 4.98 Å². The number of aliphatic hydroxyl groups is 1. The van der Waals surface area contributed by atoms with E-state index < -0.39 is 0 Å². The van der Waals surface area contributed by atoms with Crippen LogP contribution in [-0.2, 0) is 12.8 Å². The Morgan fingerprint density at radius 3 is 3.14 bits per heavy atom. The lowest BCUT2D eigenvalue weighted by Gasteiger charge is -2.11. The van der Waals surface area contributed by atoms with Crippen LogP contribution in [0, 0.1) is 0 Å². The van der Waals surface area contributed by atoms with Crippen LogP contribution in [0.15, 0.2) is 12.3 Å². The van der Waals surface area contributed by atoms with Crippen LogP contribution in [0.5, 0.6) is 0 Å². The molecule has 0 saturated heterocycles. The predicted molar refractivity (Wildman–Crippen MR) is 54.9 cm³/mol. The SMILES string of the molecule is NC(CCO)c1cnc2c(c1)CCC2. The van der Waals surface area contributed by atoms with Crippen molar-refractivity contribution in [3.8, 4) is 0 Å². The molecule has 1 aliphatic carbocycles. The van der Waals surface area contributed by atoms with Gasteiger partial charge in [-0.1, -0.05) is 6.07 Å². The van der Waals surface area contributed by atoms with Crippen LogP contribution in [0.4, 0.5) is 0 Å². The highest BCUT2D eigenvalue weighted by molar-refractivity contribution is 5.30. The lowest BCUT2D eigenvalue weighted by Crippen LogP contribution is -2.12. The van der Waals surface area contributed by atoms with Gasteiger partial charge in [0, 0.05) is 24.5 Å². The highest BCUT2D eigenvalue weighted by Gasteiger charge is 2.14. The summed E-state index contributed by atoms with van der Waals surface area (Å²) in [5.41, 5.74) is 9.53. The Labute approximate surface area is 84.0 Å². The average molecular weight is 192 g/mol. The molecule has 3 N–H and O–H groups in total. The smallest absolute Gasteiger partial charge is 0.0449 e. The molecule has 76 valence electrons. The van der Waals surface area contributed by atoms with Gasteiger partial charge in [-0.25, -0.2) is 0 Å². The number of hydrogen-bond donors (Lipinski definition) is 2. The van der Waals surface area contributed by atoms with Gasteiger partial charge in [-0.15, -0.1) is 0 Å². The Kier molecular flexibility index (Phi) is 2.79. The summed E-state index contributed by atoms with van der Waals surface area (Å²) in [6.45, 7) is 0.137. The first-order valence-corrected chi connectivity index (χ1v) is 5.15. The Morgan fingerprint density at radius 2 is 2.36 bits per heavy atom. The molecule has 1 atom stereocenters. The van der Waals surface area contributed by atoms with Crippen molar-refractivity contribution >= 4 is 0 Å². The quantitative estimate of drug-likeness (QED) is 0.749. The van der Waals surface area contributed by atoms with Gasteiger partial charge in [0.15, 0.2) is 0 Å². The molecule has 2 rings (SSSR count). The summed E-state index contributed by atoms with van der Waals surface area (Å²) in [6, 6.07) is 2.08. The zero-order chi connectivity index (χ0) is 9.97. The lowest BCUT2D eigenvalue weighted by molar-refractivity contribution is 0.276. The molecule has 1 aliphatic rings. The number of pyridine rings is 1. The maximum Gasteiger partial charge on any atom is 0.0449 e. The van der Waals surface area contributed by atoms with Gasteiger partial charge in [-0.05, 0) is 36.8 Å². The van der Waals surface area contributed by atoms with Crippen LogP contribution in [0.1, 0.15) is 35.7 Å². The molecule has 0 bridgehead atoms. The third kappa shape index (κ3) is 1.79. The molecular formula is C11H16N2O. The number of aromatic nitrogens is 1. The maximum absolute atomic E-state index is 8.79. The number of rotatable bonds is 3.